The van der Waals surface area contributed by atoms with Gasteiger partial charge in [-0.1, -0.05) is 122 Å². The van der Waals surface area contributed by atoms with E-state index in [1.54, 1.807) is 12.1 Å². The highest BCUT2D eigenvalue weighted by atomic mass is 16.4. The molecule has 0 aliphatic rings. The zero-order valence-electron chi connectivity index (χ0n) is 20.6. The SMILES string of the molecule is CCCCCCCCCCCCCCCCCCCCc1cc2ccc(C(=O)O)cc2[nH]1. The van der Waals surface area contributed by atoms with Crippen LogP contribution in [0.5, 0.6) is 0 Å². The van der Waals surface area contributed by atoms with E-state index in [0.29, 0.717) is 5.56 Å². The maximum atomic E-state index is 11.1. The molecule has 2 aromatic rings. The molecule has 0 fully saturated rings. The summed E-state index contributed by atoms with van der Waals surface area (Å²) in [7, 11) is 0. The number of rotatable bonds is 20. The lowest BCUT2D eigenvalue weighted by Crippen LogP contribution is -1.94. The number of carboxylic acids is 1. The summed E-state index contributed by atoms with van der Waals surface area (Å²) < 4.78 is 0. The van der Waals surface area contributed by atoms with E-state index in [1.165, 1.54) is 121 Å². The minimum absolute atomic E-state index is 0.346. The first-order valence-corrected chi connectivity index (χ1v) is 13.6. The molecule has 2 rings (SSSR count). The topological polar surface area (TPSA) is 53.1 Å². The summed E-state index contributed by atoms with van der Waals surface area (Å²) in [6.07, 6.45) is 26.3. The fourth-order valence-electron chi connectivity index (χ4n) is 4.67. The molecule has 3 heteroatoms. The first-order chi connectivity index (χ1) is 15.7. The van der Waals surface area contributed by atoms with Crippen molar-refractivity contribution in [3.05, 3.63) is 35.5 Å². The van der Waals surface area contributed by atoms with Crippen LogP contribution in [0.4, 0.5) is 0 Å². The summed E-state index contributed by atoms with van der Waals surface area (Å²) >= 11 is 0. The standard InChI is InChI=1S/C29H47NO2/c1-2-3-4-5-6-7-8-9-10-11-12-13-14-15-16-17-18-19-20-27-23-25-21-22-26(29(31)32)24-28(25)30-27/h21-24,30H,2-20H2,1H3,(H,31,32). The molecule has 0 unspecified atom stereocenters. The number of aromatic nitrogens is 1. The molecule has 0 amide bonds. The Bertz CT molecular complexity index is 749. The minimum atomic E-state index is -0.869. The number of nitrogens with one attached hydrogen (secondary N) is 1. The van der Waals surface area contributed by atoms with E-state index in [-0.39, 0.29) is 0 Å². The quantitative estimate of drug-likeness (QED) is 0.201. The van der Waals surface area contributed by atoms with E-state index in [4.69, 9.17) is 5.11 Å². The number of hydrogen-bond donors (Lipinski definition) is 2. The van der Waals surface area contributed by atoms with Gasteiger partial charge in [-0.3, -0.25) is 0 Å². The lowest BCUT2D eigenvalue weighted by molar-refractivity contribution is 0.0697. The van der Waals surface area contributed by atoms with Crippen LogP contribution in [0.2, 0.25) is 0 Å². The van der Waals surface area contributed by atoms with Gasteiger partial charge in [0.2, 0.25) is 0 Å². The van der Waals surface area contributed by atoms with Crippen LogP contribution in [-0.4, -0.2) is 16.1 Å². The number of aromatic carboxylic acids is 1. The minimum Gasteiger partial charge on any atom is -0.478 e. The normalized spacial score (nSPS) is 11.4. The van der Waals surface area contributed by atoms with Crippen LogP contribution < -0.4 is 0 Å². The Morgan fingerprint density at radius 3 is 1.62 bits per heavy atom. The fourth-order valence-corrected chi connectivity index (χ4v) is 4.67. The van der Waals surface area contributed by atoms with E-state index in [9.17, 15) is 4.79 Å². The number of hydrogen-bond acceptors (Lipinski definition) is 1. The largest absolute Gasteiger partial charge is 0.478 e. The molecule has 32 heavy (non-hydrogen) atoms. The molecule has 1 aromatic heterocycles. The predicted octanol–water partition coefficient (Wildman–Crippen LogP) is 9.45. The van der Waals surface area contributed by atoms with Crippen LogP contribution in [-0.2, 0) is 6.42 Å². The fraction of sp³-hybridized carbons (Fsp3) is 0.690. The van der Waals surface area contributed by atoms with E-state index < -0.39 is 5.97 Å². The Labute approximate surface area is 196 Å². The lowest BCUT2D eigenvalue weighted by Gasteiger charge is -2.04. The Kier molecular flexibility index (Phi) is 13.9. The van der Waals surface area contributed by atoms with Crippen LogP contribution in [0, 0.1) is 0 Å². The molecule has 0 aliphatic carbocycles. The first-order valence-electron chi connectivity index (χ1n) is 13.6. The summed E-state index contributed by atoms with van der Waals surface area (Å²) in [5.74, 6) is -0.869. The highest BCUT2D eigenvalue weighted by molar-refractivity contribution is 5.93. The molecule has 0 spiro atoms. The Balaban J connectivity index is 1.36. The number of carboxylic acid groups (broad SMARTS) is 1. The summed E-state index contributed by atoms with van der Waals surface area (Å²) in [6, 6.07) is 7.47. The molecule has 180 valence electrons. The molecule has 1 aromatic carbocycles. The van der Waals surface area contributed by atoms with Crippen LogP contribution in [0.3, 0.4) is 0 Å². The van der Waals surface area contributed by atoms with Gasteiger partial charge in [-0.2, -0.15) is 0 Å². The van der Waals surface area contributed by atoms with Gasteiger partial charge in [-0.05, 0) is 36.4 Å². The second-order valence-corrected chi connectivity index (χ2v) is 9.66. The van der Waals surface area contributed by atoms with Gasteiger partial charge >= 0.3 is 5.97 Å². The summed E-state index contributed by atoms with van der Waals surface area (Å²) in [5, 5.41) is 10.2. The lowest BCUT2D eigenvalue weighted by atomic mass is 10.0. The molecule has 2 N–H and O–H groups in total. The smallest absolute Gasteiger partial charge is 0.335 e. The first kappa shape index (κ1) is 26.5. The number of fused-ring (bicyclic) bond motifs is 1. The van der Waals surface area contributed by atoms with Crippen molar-refractivity contribution in [1.29, 1.82) is 0 Å². The third kappa shape index (κ3) is 11.2. The highest BCUT2D eigenvalue weighted by Gasteiger charge is 2.06. The molecule has 0 saturated heterocycles. The summed E-state index contributed by atoms with van der Waals surface area (Å²) in [5.41, 5.74) is 2.50. The third-order valence-corrected chi connectivity index (χ3v) is 6.72. The van der Waals surface area contributed by atoms with Crippen molar-refractivity contribution >= 4 is 16.9 Å². The molecule has 3 nitrogen and oxygen atoms in total. The van der Waals surface area contributed by atoms with Crippen molar-refractivity contribution in [2.75, 3.05) is 0 Å². The number of H-pyrrole nitrogens is 1. The third-order valence-electron chi connectivity index (χ3n) is 6.72. The zero-order chi connectivity index (χ0) is 22.9. The van der Waals surface area contributed by atoms with E-state index in [0.717, 1.165) is 17.3 Å². The number of unbranched alkanes of at least 4 members (excludes halogenated alkanes) is 17. The van der Waals surface area contributed by atoms with Crippen LogP contribution in [0.25, 0.3) is 10.9 Å². The summed E-state index contributed by atoms with van der Waals surface area (Å²) in [6.45, 7) is 2.29. The summed E-state index contributed by atoms with van der Waals surface area (Å²) in [4.78, 5) is 14.5. The molecule has 0 radical (unpaired) electrons. The molecular formula is C29H47NO2. The van der Waals surface area contributed by atoms with Gasteiger partial charge in [-0.15, -0.1) is 0 Å². The van der Waals surface area contributed by atoms with E-state index >= 15 is 0 Å². The van der Waals surface area contributed by atoms with E-state index in [1.807, 2.05) is 6.07 Å². The zero-order valence-corrected chi connectivity index (χ0v) is 20.6. The van der Waals surface area contributed by atoms with Crippen LogP contribution in [0.15, 0.2) is 24.3 Å². The molecule has 0 bridgehead atoms. The maximum Gasteiger partial charge on any atom is 0.335 e. The molecule has 0 aliphatic heterocycles. The Morgan fingerprint density at radius 1 is 0.688 bits per heavy atom. The van der Waals surface area contributed by atoms with Gasteiger partial charge in [-0.25, -0.2) is 4.79 Å². The van der Waals surface area contributed by atoms with Crippen molar-refractivity contribution in [2.24, 2.45) is 0 Å². The second-order valence-electron chi connectivity index (χ2n) is 9.66. The molecule has 0 atom stereocenters. The van der Waals surface area contributed by atoms with Crippen molar-refractivity contribution < 1.29 is 9.90 Å². The van der Waals surface area contributed by atoms with Crippen molar-refractivity contribution in [3.8, 4) is 0 Å². The van der Waals surface area contributed by atoms with Gasteiger partial charge in [0.05, 0.1) is 5.56 Å². The molecule has 1 heterocycles. The number of carbonyl (C=O) groups is 1. The average molecular weight is 442 g/mol. The number of aryl methyl sites for hydroxylation is 1. The average Bonchev–Trinajstić information content (AvgIpc) is 3.20. The predicted molar refractivity (Wildman–Crippen MR) is 138 cm³/mol. The number of benzene rings is 1. The molecule has 0 saturated carbocycles. The van der Waals surface area contributed by atoms with E-state index in [2.05, 4.69) is 18.0 Å². The van der Waals surface area contributed by atoms with Crippen molar-refractivity contribution in [2.45, 2.75) is 129 Å². The van der Waals surface area contributed by atoms with Crippen LogP contribution >= 0.6 is 0 Å². The maximum absolute atomic E-state index is 11.1. The second kappa shape index (κ2) is 16.8. The highest BCUT2D eigenvalue weighted by Crippen LogP contribution is 2.19. The van der Waals surface area contributed by atoms with Crippen LogP contribution in [0.1, 0.15) is 139 Å². The Morgan fingerprint density at radius 2 is 1.16 bits per heavy atom. The Hall–Kier alpha value is -1.77. The van der Waals surface area contributed by atoms with Gasteiger partial charge in [0, 0.05) is 11.2 Å². The van der Waals surface area contributed by atoms with Gasteiger partial charge < -0.3 is 10.1 Å². The van der Waals surface area contributed by atoms with Gasteiger partial charge in [0.25, 0.3) is 0 Å². The number of aromatic amines is 1. The van der Waals surface area contributed by atoms with Crippen molar-refractivity contribution in [1.82, 2.24) is 4.98 Å². The van der Waals surface area contributed by atoms with Gasteiger partial charge in [0.15, 0.2) is 0 Å². The van der Waals surface area contributed by atoms with Gasteiger partial charge in [0.1, 0.15) is 0 Å². The monoisotopic (exact) mass is 441 g/mol. The molecular weight excluding hydrogens is 394 g/mol. The van der Waals surface area contributed by atoms with Crippen molar-refractivity contribution in [3.63, 3.8) is 0 Å².